The van der Waals surface area contributed by atoms with E-state index in [0.29, 0.717) is 18.7 Å². The number of amides is 3. The molecule has 3 N–H and O–H groups in total. The highest BCUT2D eigenvalue weighted by Crippen LogP contribution is 2.29. The molecular weight excluding hydrogens is 614 g/mol. The molecule has 0 spiro atoms. The van der Waals surface area contributed by atoms with E-state index in [0.717, 1.165) is 36.4 Å². The smallest absolute Gasteiger partial charge is 0.463 e. The molecule has 1 aromatic heterocycles. The normalized spacial score (nSPS) is 11.7. The van der Waals surface area contributed by atoms with Crippen LogP contribution in [0, 0.1) is 0 Å². The summed E-state index contributed by atoms with van der Waals surface area (Å²) < 4.78 is 86.2. The van der Waals surface area contributed by atoms with Gasteiger partial charge in [-0.1, -0.05) is 26.0 Å². The van der Waals surface area contributed by atoms with Crippen molar-refractivity contribution in [1.82, 2.24) is 19.8 Å². The van der Waals surface area contributed by atoms with Crippen LogP contribution in [-0.4, -0.2) is 71.5 Å². The van der Waals surface area contributed by atoms with Crippen LogP contribution < -0.4 is 20.7 Å². The molecule has 0 aliphatic heterocycles. The summed E-state index contributed by atoms with van der Waals surface area (Å²) in [6.07, 6.45) is -8.15. The number of alkyl halides is 6. The fourth-order valence-corrected chi connectivity index (χ4v) is 3.88. The van der Waals surface area contributed by atoms with E-state index in [9.17, 15) is 40.7 Å². The number of nitrogens with one attached hydrogen (secondary N) is 3. The van der Waals surface area contributed by atoms with Crippen molar-refractivity contribution in [2.45, 2.75) is 32.9 Å². The molecule has 2 aromatic carbocycles. The van der Waals surface area contributed by atoms with Gasteiger partial charge in [0.1, 0.15) is 12.4 Å². The summed E-state index contributed by atoms with van der Waals surface area (Å²) in [7, 11) is 0. The second-order valence-electron chi connectivity index (χ2n) is 9.36. The van der Waals surface area contributed by atoms with Crippen LogP contribution >= 0.6 is 0 Å². The van der Waals surface area contributed by atoms with Crippen molar-refractivity contribution in [1.29, 1.82) is 0 Å². The molecule has 1 heterocycles. The number of urea groups is 1. The number of hydrogen-bond donors (Lipinski definition) is 3. The predicted octanol–water partition coefficient (Wildman–Crippen LogP) is 5.11. The molecule has 3 rings (SSSR count). The van der Waals surface area contributed by atoms with Gasteiger partial charge in [0.05, 0.1) is 18.7 Å². The average molecular weight is 645 g/mol. The Bertz CT molecular complexity index is 1440. The second kappa shape index (κ2) is 15.3. The van der Waals surface area contributed by atoms with Crippen LogP contribution in [0.15, 0.2) is 54.7 Å². The molecule has 244 valence electrons. The molecule has 0 atom stereocenters. The fraction of sp³-hybridized carbons (Fsp3) is 0.357. The highest BCUT2D eigenvalue weighted by atomic mass is 19.4. The zero-order valence-corrected chi connectivity index (χ0v) is 24.1. The van der Waals surface area contributed by atoms with Gasteiger partial charge in [-0.3, -0.25) is 19.8 Å². The zero-order chi connectivity index (χ0) is 33.2. The molecule has 0 fully saturated rings. The van der Waals surface area contributed by atoms with E-state index in [1.54, 1.807) is 0 Å². The van der Waals surface area contributed by atoms with E-state index in [1.165, 1.54) is 22.9 Å². The lowest BCUT2D eigenvalue weighted by Crippen LogP contribution is -2.33. The van der Waals surface area contributed by atoms with Crippen molar-refractivity contribution in [3.63, 3.8) is 0 Å². The molecule has 45 heavy (non-hydrogen) atoms. The molecule has 0 saturated heterocycles. The molecule has 3 aromatic rings. The Morgan fingerprint density at radius 3 is 2.13 bits per heavy atom. The number of benzene rings is 2. The number of ether oxygens (including phenoxy) is 2. The third kappa shape index (κ3) is 11.3. The number of carbonyl (C=O) groups excluding carboxylic acids is 3. The number of carbonyl (C=O) groups is 3. The van der Waals surface area contributed by atoms with Gasteiger partial charge in [-0.25, -0.2) is 9.78 Å². The Hall–Kier alpha value is -4.80. The van der Waals surface area contributed by atoms with Crippen LogP contribution in [0.3, 0.4) is 0 Å². The van der Waals surface area contributed by atoms with Gasteiger partial charge in [-0.2, -0.15) is 13.2 Å². The summed E-state index contributed by atoms with van der Waals surface area (Å²) in [6.45, 7) is 4.87. The van der Waals surface area contributed by atoms with Crippen LogP contribution in [0.25, 0.3) is 0 Å². The monoisotopic (exact) mass is 644 g/mol. The van der Waals surface area contributed by atoms with Gasteiger partial charge < -0.3 is 24.7 Å². The van der Waals surface area contributed by atoms with Crippen LogP contribution in [0.2, 0.25) is 0 Å². The van der Waals surface area contributed by atoms with Crippen molar-refractivity contribution in [3.8, 4) is 5.75 Å². The first-order valence-corrected chi connectivity index (χ1v) is 13.5. The van der Waals surface area contributed by atoms with E-state index in [4.69, 9.17) is 4.74 Å². The lowest BCUT2D eigenvalue weighted by Gasteiger charge is -2.16. The number of hydrogen-bond acceptors (Lipinski definition) is 7. The fourth-order valence-electron chi connectivity index (χ4n) is 3.88. The quantitative estimate of drug-likeness (QED) is 0.134. The lowest BCUT2D eigenvalue weighted by atomic mass is 10.1. The number of aromatic nitrogens is 2. The van der Waals surface area contributed by atoms with Crippen LogP contribution in [0.4, 0.5) is 42.6 Å². The predicted molar refractivity (Wildman–Crippen MR) is 150 cm³/mol. The molecule has 3 amide bonds. The maximum Gasteiger partial charge on any atom is 0.573 e. The summed E-state index contributed by atoms with van der Waals surface area (Å²) in [5.41, 5.74) is -0.362. The molecule has 0 radical (unpaired) electrons. The summed E-state index contributed by atoms with van der Waals surface area (Å²) >= 11 is 0. The maximum atomic E-state index is 13.0. The average Bonchev–Trinajstić information content (AvgIpc) is 3.35. The van der Waals surface area contributed by atoms with Gasteiger partial charge in [-0.05, 0) is 55.1 Å². The third-order valence-electron chi connectivity index (χ3n) is 6.10. The van der Waals surface area contributed by atoms with Crippen LogP contribution in [0.5, 0.6) is 5.75 Å². The maximum absolute atomic E-state index is 13.0. The number of esters is 1. The van der Waals surface area contributed by atoms with Gasteiger partial charge in [0.15, 0.2) is 5.82 Å². The number of rotatable bonds is 13. The lowest BCUT2D eigenvalue weighted by molar-refractivity contribution is -0.274. The molecular formula is C28H30F6N6O5. The number of anilines is 2. The summed E-state index contributed by atoms with van der Waals surface area (Å²) in [4.78, 5) is 43.4. The minimum atomic E-state index is -4.88. The van der Waals surface area contributed by atoms with Gasteiger partial charge in [-0.15, -0.1) is 13.2 Å². The second-order valence-corrected chi connectivity index (χ2v) is 9.36. The molecule has 0 unspecified atom stereocenters. The van der Waals surface area contributed by atoms with Crippen molar-refractivity contribution in [2.75, 3.05) is 43.4 Å². The minimum absolute atomic E-state index is 0.0761. The van der Waals surface area contributed by atoms with Crippen molar-refractivity contribution in [3.05, 3.63) is 71.7 Å². The van der Waals surface area contributed by atoms with Gasteiger partial charge >= 0.3 is 24.5 Å². The van der Waals surface area contributed by atoms with Crippen LogP contribution in [-0.2, 0) is 22.3 Å². The van der Waals surface area contributed by atoms with Crippen molar-refractivity contribution < 1.29 is 50.2 Å². The Balaban J connectivity index is 1.69. The van der Waals surface area contributed by atoms with Crippen molar-refractivity contribution in [2.24, 2.45) is 0 Å². The first kappa shape index (κ1) is 34.7. The number of nitrogens with zero attached hydrogens (tertiary/aromatic N) is 3. The summed E-state index contributed by atoms with van der Waals surface area (Å²) in [6, 6.07) is 7.68. The Labute approximate surface area is 253 Å². The number of halogens is 6. The molecule has 0 saturated carbocycles. The summed E-state index contributed by atoms with van der Waals surface area (Å²) in [5.74, 6) is -2.03. The molecule has 0 aliphatic carbocycles. The minimum Gasteiger partial charge on any atom is -0.463 e. The molecule has 0 aliphatic rings. The van der Waals surface area contributed by atoms with E-state index in [-0.39, 0.29) is 43.6 Å². The summed E-state index contributed by atoms with van der Waals surface area (Å²) in [5, 5.41) is 7.31. The van der Waals surface area contributed by atoms with E-state index in [2.05, 4.69) is 25.7 Å². The topological polar surface area (TPSA) is 127 Å². The molecule has 0 bridgehead atoms. The van der Waals surface area contributed by atoms with Crippen LogP contribution in [0.1, 0.15) is 35.6 Å². The third-order valence-corrected chi connectivity index (χ3v) is 6.10. The van der Waals surface area contributed by atoms with Gasteiger partial charge in [0.2, 0.25) is 5.82 Å². The van der Waals surface area contributed by atoms with Crippen molar-refractivity contribution >= 4 is 29.4 Å². The standard InChI is InChI=1S/C28H30F6N6O5/c1-3-39(4-2)17-23(41)44-14-13-35-25(42)24-37-22(16-40(24)15-18-5-7-19(8-6-18)27(29,30)31)38-26(43)36-20-9-11-21(12-10-20)45-28(32,33)34/h5-12,16H,3-4,13-15,17H2,1-2H3,(H,35,42)(H2,36,38,43). The zero-order valence-electron chi connectivity index (χ0n) is 24.1. The molecule has 17 heteroatoms. The first-order valence-electron chi connectivity index (χ1n) is 13.5. The highest BCUT2D eigenvalue weighted by molar-refractivity contribution is 6.00. The number of likely N-dealkylation sites (N-methyl/N-ethyl adjacent to an activating group) is 1. The SMILES string of the molecule is CCN(CC)CC(=O)OCCNC(=O)c1nc(NC(=O)Nc2ccc(OC(F)(F)F)cc2)cn1Cc1ccc(C(F)(F)F)cc1. The van der Waals surface area contributed by atoms with E-state index >= 15 is 0 Å². The highest BCUT2D eigenvalue weighted by Gasteiger charge is 2.31. The largest absolute Gasteiger partial charge is 0.573 e. The Kier molecular flexibility index (Phi) is 11.8. The number of imidazole rings is 1. The Morgan fingerprint density at radius 1 is 0.911 bits per heavy atom. The first-order chi connectivity index (χ1) is 21.2. The van der Waals surface area contributed by atoms with Gasteiger partial charge in [0.25, 0.3) is 5.91 Å². The molecule has 11 nitrogen and oxygen atoms in total. The van der Waals surface area contributed by atoms with E-state index in [1.807, 2.05) is 18.7 Å². The Morgan fingerprint density at radius 2 is 1.56 bits per heavy atom. The van der Waals surface area contributed by atoms with Gasteiger partial charge in [0, 0.05) is 18.4 Å². The van der Waals surface area contributed by atoms with E-state index < -0.39 is 41.8 Å².